The highest BCUT2D eigenvalue weighted by atomic mass is 79.9. The Labute approximate surface area is 114 Å². The highest BCUT2D eigenvalue weighted by molar-refractivity contribution is 9.10. The first-order valence-electron chi connectivity index (χ1n) is 5.56. The maximum Gasteiger partial charge on any atom is 0.166 e. The first-order chi connectivity index (χ1) is 8.56. The van der Waals surface area contributed by atoms with Gasteiger partial charge in [0.05, 0.1) is 5.69 Å². The second-order valence-electron chi connectivity index (χ2n) is 4.06. The SMILES string of the molecule is Cc1ccc(C(C)Oc2cc(Br)cnc2N)nc1. The molecule has 0 amide bonds. The summed E-state index contributed by atoms with van der Waals surface area (Å²) in [7, 11) is 0. The number of nitrogens with two attached hydrogens (primary N) is 1. The van der Waals surface area contributed by atoms with Crippen LogP contribution in [0, 0.1) is 6.92 Å². The van der Waals surface area contributed by atoms with E-state index in [0.29, 0.717) is 11.6 Å². The van der Waals surface area contributed by atoms with Crippen LogP contribution < -0.4 is 10.5 Å². The zero-order valence-corrected chi connectivity index (χ0v) is 11.8. The zero-order chi connectivity index (χ0) is 13.1. The summed E-state index contributed by atoms with van der Waals surface area (Å²) in [6.45, 7) is 3.93. The van der Waals surface area contributed by atoms with Crippen LogP contribution in [0.5, 0.6) is 5.75 Å². The number of aromatic nitrogens is 2. The van der Waals surface area contributed by atoms with Crippen molar-refractivity contribution < 1.29 is 4.74 Å². The molecule has 0 aliphatic rings. The number of hydrogen-bond acceptors (Lipinski definition) is 4. The summed E-state index contributed by atoms with van der Waals surface area (Å²) in [5.41, 5.74) is 7.74. The molecule has 0 aliphatic heterocycles. The molecule has 2 heterocycles. The number of nitrogens with zero attached hydrogens (tertiary/aromatic N) is 2. The summed E-state index contributed by atoms with van der Waals surface area (Å²) in [5, 5.41) is 0. The van der Waals surface area contributed by atoms with E-state index in [2.05, 4.69) is 25.9 Å². The lowest BCUT2D eigenvalue weighted by Crippen LogP contribution is -2.07. The fraction of sp³-hybridized carbons (Fsp3) is 0.231. The van der Waals surface area contributed by atoms with Crippen LogP contribution in [0.2, 0.25) is 0 Å². The Morgan fingerprint density at radius 3 is 2.72 bits per heavy atom. The van der Waals surface area contributed by atoms with E-state index in [-0.39, 0.29) is 6.10 Å². The standard InChI is InChI=1S/C13H14BrN3O/c1-8-3-4-11(16-6-8)9(2)18-12-5-10(14)7-17-13(12)15/h3-7,9H,1-2H3,(H2,15,17). The first kappa shape index (κ1) is 12.8. The van der Waals surface area contributed by atoms with E-state index in [0.717, 1.165) is 15.7 Å². The topological polar surface area (TPSA) is 61.0 Å². The van der Waals surface area contributed by atoms with Crippen LogP contribution in [-0.2, 0) is 0 Å². The van der Waals surface area contributed by atoms with Gasteiger partial charge in [-0.25, -0.2) is 4.98 Å². The molecule has 2 rings (SSSR count). The molecule has 0 radical (unpaired) electrons. The molecule has 2 aromatic rings. The number of aryl methyl sites for hydroxylation is 1. The number of ether oxygens (including phenoxy) is 1. The van der Waals surface area contributed by atoms with Gasteiger partial charge in [0, 0.05) is 16.9 Å². The smallest absolute Gasteiger partial charge is 0.166 e. The maximum atomic E-state index is 5.77. The number of halogens is 1. The van der Waals surface area contributed by atoms with Gasteiger partial charge in [-0.3, -0.25) is 4.98 Å². The highest BCUT2D eigenvalue weighted by Crippen LogP contribution is 2.27. The molecule has 18 heavy (non-hydrogen) atoms. The van der Waals surface area contributed by atoms with E-state index in [1.807, 2.05) is 32.2 Å². The van der Waals surface area contributed by atoms with E-state index >= 15 is 0 Å². The number of hydrogen-bond donors (Lipinski definition) is 1. The Balaban J connectivity index is 2.18. The van der Waals surface area contributed by atoms with Crippen molar-refractivity contribution in [2.75, 3.05) is 5.73 Å². The zero-order valence-electron chi connectivity index (χ0n) is 10.2. The van der Waals surface area contributed by atoms with E-state index in [1.165, 1.54) is 0 Å². The lowest BCUT2D eigenvalue weighted by Gasteiger charge is -2.15. The van der Waals surface area contributed by atoms with Gasteiger partial charge in [-0.05, 0) is 47.5 Å². The van der Waals surface area contributed by atoms with Crippen LogP contribution in [0.4, 0.5) is 5.82 Å². The van der Waals surface area contributed by atoms with E-state index < -0.39 is 0 Å². The van der Waals surface area contributed by atoms with Crippen molar-refractivity contribution in [1.82, 2.24) is 9.97 Å². The minimum atomic E-state index is -0.177. The van der Waals surface area contributed by atoms with Gasteiger partial charge < -0.3 is 10.5 Å². The molecule has 2 N–H and O–H groups in total. The molecular formula is C13H14BrN3O. The molecule has 0 aromatic carbocycles. The molecule has 94 valence electrons. The third-order valence-electron chi connectivity index (χ3n) is 2.50. The van der Waals surface area contributed by atoms with Gasteiger partial charge in [-0.15, -0.1) is 0 Å². The second-order valence-corrected chi connectivity index (χ2v) is 4.97. The number of anilines is 1. The van der Waals surface area contributed by atoms with Gasteiger partial charge in [0.2, 0.25) is 0 Å². The van der Waals surface area contributed by atoms with Crippen molar-refractivity contribution >= 4 is 21.7 Å². The summed E-state index contributed by atoms with van der Waals surface area (Å²) >= 11 is 3.34. The van der Waals surface area contributed by atoms with Crippen LogP contribution in [0.25, 0.3) is 0 Å². The minimum absolute atomic E-state index is 0.177. The Bertz CT molecular complexity index is 542. The Hall–Kier alpha value is -1.62. The van der Waals surface area contributed by atoms with E-state index in [9.17, 15) is 0 Å². The fourth-order valence-corrected chi connectivity index (χ4v) is 1.81. The number of nitrogen functional groups attached to an aromatic ring is 1. The molecule has 2 aromatic heterocycles. The quantitative estimate of drug-likeness (QED) is 0.945. The average molecular weight is 308 g/mol. The van der Waals surface area contributed by atoms with Crippen molar-refractivity contribution in [3.8, 4) is 5.75 Å². The van der Waals surface area contributed by atoms with Gasteiger partial charge >= 0.3 is 0 Å². The molecule has 0 fully saturated rings. The molecule has 0 saturated heterocycles. The van der Waals surface area contributed by atoms with Crippen LogP contribution >= 0.6 is 15.9 Å². The van der Waals surface area contributed by atoms with Gasteiger partial charge in [-0.2, -0.15) is 0 Å². The summed E-state index contributed by atoms with van der Waals surface area (Å²) < 4.78 is 6.60. The van der Waals surface area contributed by atoms with E-state index in [1.54, 1.807) is 12.3 Å². The summed E-state index contributed by atoms with van der Waals surface area (Å²) in [4.78, 5) is 8.35. The fourth-order valence-electron chi connectivity index (χ4n) is 1.50. The molecule has 0 spiro atoms. The molecule has 4 nitrogen and oxygen atoms in total. The van der Waals surface area contributed by atoms with Crippen LogP contribution in [0.1, 0.15) is 24.3 Å². The summed E-state index contributed by atoms with van der Waals surface area (Å²) in [6.07, 6.45) is 3.28. The predicted molar refractivity (Wildman–Crippen MR) is 74.4 cm³/mol. The van der Waals surface area contributed by atoms with Gasteiger partial charge in [0.1, 0.15) is 6.10 Å². The van der Waals surface area contributed by atoms with Gasteiger partial charge in [-0.1, -0.05) is 6.07 Å². The van der Waals surface area contributed by atoms with Crippen LogP contribution in [0.15, 0.2) is 35.1 Å². The molecule has 5 heteroatoms. The Morgan fingerprint density at radius 2 is 2.06 bits per heavy atom. The number of pyridine rings is 2. The van der Waals surface area contributed by atoms with Gasteiger partial charge in [0.25, 0.3) is 0 Å². The molecule has 1 atom stereocenters. The van der Waals surface area contributed by atoms with Crippen LogP contribution in [-0.4, -0.2) is 9.97 Å². The van der Waals surface area contributed by atoms with E-state index in [4.69, 9.17) is 10.5 Å². The Morgan fingerprint density at radius 1 is 1.28 bits per heavy atom. The van der Waals surface area contributed by atoms with Crippen molar-refractivity contribution in [1.29, 1.82) is 0 Å². The lowest BCUT2D eigenvalue weighted by atomic mass is 10.2. The molecular weight excluding hydrogens is 294 g/mol. The van der Waals surface area contributed by atoms with Crippen molar-refractivity contribution in [3.05, 3.63) is 46.3 Å². The summed E-state index contributed by atoms with van der Waals surface area (Å²) in [6, 6.07) is 5.75. The minimum Gasteiger partial charge on any atom is -0.481 e. The van der Waals surface area contributed by atoms with Gasteiger partial charge in [0.15, 0.2) is 11.6 Å². The normalized spacial score (nSPS) is 12.2. The molecule has 1 unspecified atom stereocenters. The lowest BCUT2D eigenvalue weighted by molar-refractivity contribution is 0.222. The molecule has 0 saturated carbocycles. The average Bonchev–Trinajstić information content (AvgIpc) is 2.34. The maximum absolute atomic E-state index is 5.77. The van der Waals surface area contributed by atoms with Crippen LogP contribution in [0.3, 0.4) is 0 Å². The van der Waals surface area contributed by atoms with Crippen molar-refractivity contribution in [2.45, 2.75) is 20.0 Å². The summed E-state index contributed by atoms with van der Waals surface area (Å²) in [5.74, 6) is 0.927. The second kappa shape index (κ2) is 5.35. The Kier molecular flexibility index (Phi) is 3.81. The molecule has 0 aliphatic carbocycles. The molecule has 0 bridgehead atoms. The third-order valence-corrected chi connectivity index (χ3v) is 2.94. The highest BCUT2D eigenvalue weighted by Gasteiger charge is 2.11. The first-order valence-corrected chi connectivity index (χ1v) is 6.36. The van der Waals surface area contributed by atoms with Crippen molar-refractivity contribution in [3.63, 3.8) is 0 Å². The third kappa shape index (κ3) is 2.98. The monoisotopic (exact) mass is 307 g/mol. The largest absolute Gasteiger partial charge is 0.481 e. The number of rotatable bonds is 3. The van der Waals surface area contributed by atoms with Crippen molar-refractivity contribution in [2.24, 2.45) is 0 Å². The predicted octanol–water partition coefficient (Wildman–Crippen LogP) is 3.27.